The molecular weight excluding hydrogens is 238 g/mol. The predicted octanol–water partition coefficient (Wildman–Crippen LogP) is 2.59. The Labute approximate surface area is 84.9 Å². The molecule has 1 aromatic heterocycles. The topological polar surface area (TPSA) is 22.1 Å². The van der Waals surface area contributed by atoms with Crippen LogP contribution in [0.25, 0.3) is 0 Å². The Morgan fingerprint density at radius 3 is 3.17 bits per heavy atom. The first-order valence-corrected chi connectivity index (χ1v) is 5.75. The molecule has 4 heteroatoms. The van der Waals surface area contributed by atoms with Crippen LogP contribution in [0.2, 0.25) is 0 Å². The van der Waals surface area contributed by atoms with Gasteiger partial charge in [0, 0.05) is 22.5 Å². The number of halogens is 1. The van der Waals surface area contributed by atoms with Gasteiger partial charge in [0.25, 0.3) is 0 Å². The van der Waals surface area contributed by atoms with Gasteiger partial charge in [-0.25, -0.2) is 4.98 Å². The molecule has 0 aromatic carbocycles. The van der Waals surface area contributed by atoms with Crippen LogP contribution in [0.5, 0.6) is 5.88 Å². The highest BCUT2D eigenvalue weighted by atomic mass is 79.9. The van der Waals surface area contributed by atoms with E-state index < -0.39 is 0 Å². The van der Waals surface area contributed by atoms with Crippen LogP contribution in [0.3, 0.4) is 0 Å². The standard InChI is InChI=1S/C8H10BrNOS/c1-12-5-4-11-8-6-7(9)2-3-10-8/h2-3,6H,4-5H2,1H3. The summed E-state index contributed by atoms with van der Waals surface area (Å²) in [7, 11) is 0. The molecule has 1 heterocycles. The van der Waals surface area contributed by atoms with Crippen molar-refractivity contribution in [2.24, 2.45) is 0 Å². The summed E-state index contributed by atoms with van der Waals surface area (Å²) in [5.74, 6) is 1.67. The highest BCUT2D eigenvalue weighted by Gasteiger charge is 1.94. The lowest BCUT2D eigenvalue weighted by molar-refractivity contribution is 0.330. The lowest BCUT2D eigenvalue weighted by Crippen LogP contribution is -2.00. The number of pyridine rings is 1. The Bertz CT molecular complexity index is 244. The molecule has 0 aliphatic rings. The molecule has 0 N–H and O–H groups in total. The number of nitrogens with zero attached hydrogens (tertiary/aromatic N) is 1. The molecule has 0 aliphatic heterocycles. The van der Waals surface area contributed by atoms with E-state index in [9.17, 15) is 0 Å². The highest BCUT2D eigenvalue weighted by molar-refractivity contribution is 9.10. The van der Waals surface area contributed by atoms with Gasteiger partial charge in [0.2, 0.25) is 5.88 Å². The summed E-state index contributed by atoms with van der Waals surface area (Å²) in [4.78, 5) is 4.05. The van der Waals surface area contributed by atoms with Crippen molar-refractivity contribution in [3.05, 3.63) is 22.8 Å². The molecule has 66 valence electrons. The monoisotopic (exact) mass is 247 g/mol. The highest BCUT2D eigenvalue weighted by Crippen LogP contribution is 2.14. The molecule has 2 nitrogen and oxygen atoms in total. The van der Waals surface area contributed by atoms with Crippen molar-refractivity contribution >= 4 is 27.7 Å². The maximum Gasteiger partial charge on any atom is 0.214 e. The Balaban J connectivity index is 2.41. The van der Waals surface area contributed by atoms with Gasteiger partial charge < -0.3 is 4.74 Å². The fraction of sp³-hybridized carbons (Fsp3) is 0.375. The molecule has 0 aliphatic carbocycles. The van der Waals surface area contributed by atoms with Crippen molar-refractivity contribution in [3.8, 4) is 5.88 Å². The Morgan fingerprint density at radius 1 is 1.67 bits per heavy atom. The van der Waals surface area contributed by atoms with Crippen LogP contribution in [-0.4, -0.2) is 23.6 Å². The molecular formula is C8H10BrNOS. The molecule has 1 rings (SSSR count). The van der Waals surface area contributed by atoms with E-state index in [1.165, 1.54) is 0 Å². The second-order valence-electron chi connectivity index (χ2n) is 2.15. The summed E-state index contributed by atoms with van der Waals surface area (Å²) in [6, 6.07) is 3.74. The van der Waals surface area contributed by atoms with Gasteiger partial charge >= 0.3 is 0 Å². The summed E-state index contributed by atoms with van der Waals surface area (Å²) in [6.45, 7) is 0.713. The predicted molar refractivity (Wildman–Crippen MR) is 55.8 cm³/mol. The second kappa shape index (κ2) is 5.43. The quantitative estimate of drug-likeness (QED) is 0.764. The lowest BCUT2D eigenvalue weighted by Gasteiger charge is -2.02. The minimum absolute atomic E-state index is 0.679. The zero-order chi connectivity index (χ0) is 8.81. The van der Waals surface area contributed by atoms with Crippen molar-refractivity contribution in [2.75, 3.05) is 18.6 Å². The van der Waals surface area contributed by atoms with E-state index in [1.807, 2.05) is 12.1 Å². The van der Waals surface area contributed by atoms with E-state index in [0.717, 1.165) is 10.2 Å². The number of aromatic nitrogens is 1. The van der Waals surface area contributed by atoms with E-state index in [4.69, 9.17) is 4.74 Å². The Kier molecular flexibility index (Phi) is 4.46. The minimum Gasteiger partial charge on any atom is -0.477 e. The van der Waals surface area contributed by atoms with E-state index >= 15 is 0 Å². The normalized spacial score (nSPS) is 9.83. The molecule has 0 saturated heterocycles. The SMILES string of the molecule is CSCCOc1cc(Br)ccn1. The summed E-state index contributed by atoms with van der Waals surface area (Å²) in [5.41, 5.74) is 0. The fourth-order valence-electron chi connectivity index (χ4n) is 0.694. The molecule has 0 amide bonds. The van der Waals surface area contributed by atoms with Gasteiger partial charge in [-0.1, -0.05) is 15.9 Å². The number of hydrogen-bond acceptors (Lipinski definition) is 3. The van der Waals surface area contributed by atoms with Gasteiger partial charge in [0.15, 0.2) is 0 Å². The van der Waals surface area contributed by atoms with Crippen LogP contribution < -0.4 is 4.74 Å². The largest absolute Gasteiger partial charge is 0.477 e. The maximum atomic E-state index is 5.37. The molecule has 0 bridgehead atoms. The average Bonchev–Trinajstić information content (AvgIpc) is 2.05. The van der Waals surface area contributed by atoms with Gasteiger partial charge in [-0.3, -0.25) is 0 Å². The van der Waals surface area contributed by atoms with Gasteiger partial charge in [-0.2, -0.15) is 11.8 Å². The molecule has 1 aromatic rings. The maximum absolute atomic E-state index is 5.37. The van der Waals surface area contributed by atoms with Crippen LogP contribution in [0.15, 0.2) is 22.8 Å². The zero-order valence-electron chi connectivity index (χ0n) is 6.79. The summed E-state index contributed by atoms with van der Waals surface area (Å²) >= 11 is 5.11. The minimum atomic E-state index is 0.679. The first kappa shape index (κ1) is 9.86. The molecule has 0 fully saturated rings. The average molecular weight is 248 g/mol. The van der Waals surface area contributed by atoms with E-state index in [-0.39, 0.29) is 0 Å². The van der Waals surface area contributed by atoms with Crippen LogP contribution in [0.4, 0.5) is 0 Å². The molecule has 12 heavy (non-hydrogen) atoms. The lowest BCUT2D eigenvalue weighted by atomic mass is 10.5. The van der Waals surface area contributed by atoms with Gasteiger partial charge in [-0.15, -0.1) is 0 Å². The van der Waals surface area contributed by atoms with Gasteiger partial charge in [-0.05, 0) is 12.3 Å². The number of hydrogen-bond donors (Lipinski definition) is 0. The zero-order valence-corrected chi connectivity index (χ0v) is 9.19. The summed E-state index contributed by atoms with van der Waals surface area (Å²) in [6.07, 6.45) is 3.77. The van der Waals surface area contributed by atoms with Crippen molar-refractivity contribution < 1.29 is 4.74 Å². The third kappa shape index (κ3) is 3.45. The third-order valence-electron chi connectivity index (χ3n) is 1.23. The van der Waals surface area contributed by atoms with Crippen molar-refractivity contribution in [1.29, 1.82) is 0 Å². The van der Waals surface area contributed by atoms with E-state index in [2.05, 4.69) is 27.2 Å². The van der Waals surface area contributed by atoms with E-state index in [1.54, 1.807) is 18.0 Å². The van der Waals surface area contributed by atoms with Crippen molar-refractivity contribution in [1.82, 2.24) is 4.98 Å². The Morgan fingerprint density at radius 2 is 2.50 bits per heavy atom. The molecule has 0 unspecified atom stereocenters. The molecule has 0 spiro atoms. The third-order valence-corrected chi connectivity index (χ3v) is 2.30. The first-order chi connectivity index (χ1) is 5.83. The first-order valence-electron chi connectivity index (χ1n) is 3.56. The molecule has 0 atom stereocenters. The van der Waals surface area contributed by atoms with Crippen molar-refractivity contribution in [3.63, 3.8) is 0 Å². The molecule has 0 radical (unpaired) electrons. The fourth-order valence-corrected chi connectivity index (χ4v) is 1.26. The van der Waals surface area contributed by atoms with Gasteiger partial charge in [0.1, 0.15) is 0 Å². The van der Waals surface area contributed by atoms with Crippen LogP contribution in [0.1, 0.15) is 0 Å². The second-order valence-corrected chi connectivity index (χ2v) is 4.05. The van der Waals surface area contributed by atoms with Crippen molar-refractivity contribution in [2.45, 2.75) is 0 Å². The molecule has 0 saturated carbocycles. The number of rotatable bonds is 4. The van der Waals surface area contributed by atoms with Crippen LogP contribution in [0, 0.1) is 0 Å². The Hall–Kier alpha value is -0.220. The van der Waals surface area contributed by atoms with Crippen LogP contribution in [-0.2, 0) is 0 Å². The summed E-state index contributed by atoms with van der Waals surface area (Å²) in [5, 5.41) is 0. The van der Waals surface area contributed by atoms with Crippen LogP contribution >= 0.6 is 27.7 Å². The van der Waals surface area contributed by atoms with Gasteiger partial charge in [0.05, 0.1) is 6.61 Å². The summed E-state index contributed by atoms with van der Waals surface area (Å²) < 4.78 is 6.36. The number of ether oxygens (including phenoxy) is 1. The smallest absolute Gasteiger partial charge is 0.214 e. The van der Waals surface area contributed by atoms with E-state index in [0.29, 0.717) is 12.5 Å². The number of thioether (sulfide) groups is 1.